The Morgan fingerprint density at radius 3 is 2.43 bits per heavy atom. The van der Waals surface area contributed by atoms with Gasteiger partial charge in [-0.2, -0.15) is 11.8 Å². The Balaban J connectivity index is 3.45. The van der Waals surface area contributed by atoms with Crippen LogP contribution >= 0.6 is 11.8 Å². The molecule has 0 N–H and O–H groups in total. The number of hydrogen-bond donors (Lipinski definition) is 0. The maximum absolute atomic E-state index is 11.0. The molecule has 1 unspecified atom stereocenters. The van der Waals surface area contributed by atoms with E-state index >= 15 is 0 Å². The molecule has 82 valence electrons. The highest BCUT2D eigenvalue weighted by Crippen LogP contribution is 2.10. The third kappa shape index (κ3) is 5.85. The minimum absolute atomic E-state index is 0.106. The van der Waals surface area contributed by atoms with Gasteiger partial charge in [-0.15, -0.1) is 0 Å². The minimum Gasteiger partial charge on any atom is -0.469 e. The molecule has 0 fully saturated rings. The molecule has 0 radical (unpaired) electrons. The fourth-order valence-electron chi connectivity index (χ4n) is 0.794. The van der Waals surface area contributed by atoms with E-state index in [-0.39, 0.29) is 17.9 Å². The zero-order valence-corrected chi connectivity index (χ0v) is 9.56. The van der Waals surface area contributed by atoms with Gasteiger partial charge in [0.25, 0.3) is 0 Å². The highest BCUT2D eigenvalue weighted by molar-refractivity contribution is 7.99. The van der Waals surface area contributed by atoms with Crippen LogP contribution in [0.15, 0.2) is 0 Å². The van der Waals surface area contributed by atoms with Crippen LogP contribution in [0.25, 0.3) is 0 Å². The molecule has 0 aliphatic rings. The van der Waals surface area contributed by atoms with Crippen molar-refractivity contribution in [1.82, 2.24) is 0 Å². The van der Waals surface area contributed by atoms with Gasteiger partial charge in [0.1, 0.15) is 0 Å². The summed E-state index contributed by atoms with van der Waals surface area (Å²) < 4.78 is 9.05. The van der Waals surface area contributed by atoms with E-state index in [1.165, 1.54) is 26.0 Å². The molecular formula is C9H16O4S. The van der Waals surface area contributed by atoms with Gasteiger partial charge in [0, 0.05) is 0 Å². The number of carbonyl (C=O) groups is 2. The first-order chi connectivity index (χ1) is 6.61. The van der Waals surface area contributed by atoms with Crippen molar-refractivity contribution < 1.29 is 19.1 Å². The number of thioether (sulfide) groups is 1. The molecule has 14 heavy (non-hydrogen) atoms. The quantitative estimate of drug-likeness (QED) is 0.495. The summed E-state index contributed by atoms with van der Waals surface area (Å²) in [5.41, 5.74) is 0. The van der Waals surface area contributed by atoms with Gasteiger partial charge >= 0.3 is 11.9 Å². The second-order valence-electron chi connectivity index (χ2n) is 2.84. The first-order valence-corrected chi connectivity index (χ1v) is 5.49. The Morgan fingerprint density at radius 2 is 1.93 bits per heavy atom. The molecule has 0 aromatic heterocycles. The van der Waals surface area contributed by atoms with Gasteiger partial charge in [-0.25, -0.2) is 0 Å². The topological polar surface area (TPSA) is 52.6 Å². The molecule has 0 aromatic rings. The van der Waals surface area contributed by atoms with Gasteiger partial charge in [-0.05, 0) is 12.2 Å². The summed E-state index contributed by atoms with van der Waals surface area (Å²) in [4.78, 5) is 21.7. The molecule has 0 saturated carbocycles. The van der Waals surface area contributed by atoms with E-state index in [0.717, 1.165) is 5.75 Å². The number of ether oxygens (including phenoxy) is 2. The van der Waals surface area contributed by atoms with Crippen LogP contribution in [0.5, 0.6) is 0 Å². The van der Waals surface area contributed by atoms with Crippen LogP contribution in [0.2, 0.25) is 0 Å². The molecule has 0 aliphatic heterocycles. The van der Waals surface area contributed by atoms with Crippen LogP contribution in [-0.4, -0.2) is 37.7 Å². The summed E-state index contributed by atoms with van der Waals surface area (Å²) in [6, 6.07) is 0. The fraction of sp³-hybridized carbons (Fsp3) is 0.778. The van der Waals surface area contributed by atoms with Crippen molar-refractivity contribution in [2.45, 2.75) is 13.3 Å². The largest absolute Gasteiger partial charge is 0.469 e. The standard InChI is InChI=1S/C9H16O4S/c1-7(9(11)13-3)4-5-14-6-8(10)12-2/h7H,4-6H2,1-3H3. The van der Waals surface area contributed by atoms with Crippen molar-refractivity contribution in [2.75, 3.05) is 25.7 Å². The Labute approximate surface area is 88.3 Å². The van der Waals surface area contributed by atoms with E-state index in [1.807, 2.05) is 6.92 Å². The lowest BCUT2D eigenvalue weighted by Gasteiger charge is -2.07. The first-order valence-electron chi connectivity index (χ1n) is 4.34. The van der Waals surface area contributed by atoms with Crippen LogP contribution < -0.4 is 0 Å². The molecule has 0 aromatic carbocycles. The first kappa shape index (κ1) is 13.3. The Morgan fingerprint density at radius 1 is 1.29 bits per heavy atom. The van der Waals surface area contributed by atoms with Gasteiger partial charge in [0.15, 0.2) is 0 Å². The normalized spacial score (nSPS) is 11.9. The van der Waals surface area contributed by atoms with Crippen molar-refractivity contribution in [1.29, 1.82) is 0 Å². The zero-order valence-electron chi connectivity index (χ0n) is 8.74. The van der Waals surface area contributed by atoms with Crippen LogP contribution in [0.1, 0.15) is 13.3 Å². The van der Waals surface area contributed by atoms with Gasteiger partial charge in [0.05, 0.1) is 25.9 Å². The van der Waals surface area contributed by atoms with E-state index in [4.69, 9.17) is 0 Å². The molecule has 0 amide bonds. The number of carbonyl (C=O) groups excluding carboxylic acids is 2. The molecular weight excluding hydrogens is 204 g/mol. The average Bonchev–Trinajstić information content (AvgIpc) is 2.22. The summed E-state index contributed by atoms with van der Waals surface area (Å²) in [6.07, 6.45) is 0.717. The molecule has 5 heteroatoms. The maximum atomic E-state index is 11.0. The van der Waals surface area contributed by atoms with Crippen molar-refractivity contribution in [3.05, 3.63) is 0 Å². The van der Waals surface area contributed by atoms with E-state index in [2.05, 4.69) is 9.47 Å². The molecule has 0 spiro atoms. The third-order valence-corrected chi connectivity index (χ3v) is 2.71. The summed E-state index contributed by atoms with van der Waals surface area (Å²) in [7, 11) is 2.74. The molecule has 4 nitrogen and oxygen atoms in total. The van der Waals surface area contributed by atoms with Gasteiger partial charge < -0.3 is 9.47 Å². The van der Waals surface area contributed by atoms with Crippen LogP contribution in [0.3, 0.4) is 0 Å². The summed E-state index contributed by atoms with van der Waals surface area (Å²) in [5, 5.41) is 0. The molecule has 0 rings (SSSR count). The molecule has 0 heterocycles. The van der Waals surface area contributed by atoms with E-state index in [0.29, 0.717) is 12.2 Å². The number of methoxy groups -OCH3 is 2. The van der Waals surface area contributed by atoms with Crippen LogP contribution in [-0.2, 0) is 19.1 Å². The zero-order chi connectivity index (χ0) is 11.0. The van der Waals surface area contributed by atoms with Crippen LogP contribution in [0.4, 0.5) is 0 Å². The van der Waals surface area contributed by atoms with E-state index in [1.54, 1.807) is 0 Å². The Hall–Kier alpha value is -0.710. The van der Waals surface area contributed by atoms with Crippen molar-refractivity contribution in [3.8, 4) is 0 Å². The Bertz CT molecular complexity index is 193. The van der Waals surface area contributed by atoms with E-state index in [9.17, 15) is 9.59 Å². The van der Waals surface area contributed by atoms with Crippen molar-refractivity contribution >= 4 is 23.7 Å². The highest BCUT2D eigenvalue weighted by atomic mass is 32.2. The Kier molecular flexibility index (Phi) is 7.28. The van der Waals surface area contributed by atoms with Crippen LogP contribution in [0, 0.1) is 5.92 Å². The molecule has 0 aliphatic carbocycles. The van der Waals surface area contributed by atoms with Gasteiger partial charge in [0.2, 0.25) is 0 Å². The second-order valence-corrected chi connectivity index (χ2v) is 3.95. The summed E-state index contributed by atoms with van der Waals surface area (Å²) >= 11 is 1.46. The number of hydrogen-bond acceptors (Lipinski definition) is 5. The maximum Gasteiger partial charge on any atom is 0.315 e. The SMILES string of the molecule is COC(=O)CSCCC(C)C(=O)OC. The lowest BCUT2D eigenvalue weighted by Crippen LogP contribution is -2.13. The number of esters is 2. The molecule has 0 bridgehead atoms. The second kappa shape index (κ2) is 7.67. The smallest absolute Gasteiger partial charge is 0.315 e. The van der Waals surface area contributed by atoms with E-state index < -0.39 is 0 Å². The summed E-state index contributed by atoms with van der Waals surface area (Å²) in [5.74, 6) is 0.546. The predicted molar refractivity (Wildman–Crippen MR) is 55.1 cm³/mol. The predicted octanol–water partition coefficient (Wildman–Crippen LogP) is 1.09. The van der Waals surface area contributed by atoms with Crippen molar-refractivity contribution in [2.24, 2.45) is 5.92 Å². The molecule has 0 saturated heterocycles. The monoisotopic (exact) mass is 220 g/mol. The summed E-state index contributed by atoms with van der Waals surface area (Å²) in [6.45, 7) is 1.81. The van der Waals surface area contributed by atoms with Gasteiger partial charge in [-0.3, -0.25) is 9.59 Å². The minimum atomic E-state index is -0.235. The third-order valence-electron chi connectivity index (χ3n) is 1.75. The highest BCUT2D eigenvalue weighted by Gasteiger charge is 2.12. The molecule has 1 atom stereocenters. The average molecular weight is 220 g/mol. The van der Waals surface area contributed by atoms with Gasteiger partial charge in [-0.1, -0.05) is 6.92 Å². The lowest BCUT2D eigenvalue weighted by molar-refractivity contribution is -0.144. The lowest BCUT2D eigenvalue weighted by atomic mass is 10.1. The van der Waals surface area contributed by atoms with Crippen molar-refractivity contribution in [3.63, 3.8) is 0 Å². The fourth-order valence-corrected chi connectivity index (χ4v) is 1.74. The number of rotatable bonds is 6.